The van der Waals surface area contributed by atoms with Crippen LogP contribution in [0, 0.1) is 5.92 Å². The van der Waals surface area contributed by atoms with Crippen LogP contribution >= 0.6 is 0 Å². The highest BCUT2D eigenvalue weighted by atomic mass is 19.4. The molecule has 0 spiro atoms. The third-order valence-electron chi connectivity index (χ3n) is 6.61. The van der Waals surface area contributed by atoms with Crippen LogP contribution in [0.25, 0.3) is 0 Å². The predicted molar refractivity (Wildman–Crippen MR) is 134 cm³/mol. The SMILES string of the molecule is CCOC(=O)NCCOc1ccc(C[C@H]2CCCC[C@@H]2OC(=O)[C@@](OC)(c2ccccc2)C(F)(F)F)cc1. The maximum Gasteiger partial charge on any atom is 0.432 e. The molecule has 208 valence electrons. The van der Waals surface area contributed by atoms with Crippen molar-refractivity contribution in [1.29, 1.82) is 0 Å². The highest BCUT2D eigenvalue weighted by Crippen LogP contribution is 2.44. The van der Waals surface area contributed by atoms with Gasteiger partial charge in [0.25, 0.3) is 5.60 Å². The van der Waals surface area contributed by atoms with E-state index in [0.717, 1.165) is 31.9 Å². The summed E-state index contributed by atoms with van der Waals surface area (Å²) in [7, 11) is 0.872. The van der Waals surface area contributed by atoms with E-state index in [1.54, 1.807) is 25.1 Å². The lowest BCUT2D eigenvalue weighted by Crippen LogP contribution is -2.53. The van der Waals surface area contributed by atoms with Crippen molar-refractivity contribution in [3.05, 3.63) is 65.7 Å². The number of hydrogen-bond donors (Lipinski definition) is 1. The first kappa shape index (κ1) is 29.3. The molecule has 38 heavy (non-hydrogen) atoms. The standard InChI is InChI=1S/C28H34F3NO6/c1-3-36-26(34)32-17-18-37-23-15-13-20(14-16-23)19-21-9-7-8-12-24(21)38-25(33)27(35-2,28(29,30)31)22-10-5-4-6-11-22/h4-6,10-11,13-16,21,24H,3,7-9,12,17-19H2,1-2H3,(H,32,34)/t21-,24+,27+/m1/s1. The molecule has 2 aromatic rings. The van der Waals surface area contributed by atoms with Crippen molar-refractivity contribution in [1.82, 2.24) is 5.32 Å². The van der Waals surface area contributed by atoms with E-state index < -0.39 is 29.9 Å². The number of esters is 1. The summed E-state index contributed by atoms with van der Waals surface area (Å²) in [6, 6.07) is 14.2. The predicted octanol–water partition coefficient (Wildman–Crippen LogP) is 5.56. The van der Waals surface area contributed by atoms with Gasteiger partial charge in [-0.25, -0.2) is 9.59 Å². The number of alkyl halides is 3. The molecule has 0 aromatic heterocycles. The van der Waals surface area contributed by atoms with Crippen LogP contribution in [0.3, 0.4) is 0 Å². The van der Waals surface area contributed by atoms with Gasteiger partial charge in [-0.3, -0.25) is 0 Å². The molecule has 1 saturated carbocycles. The van der Waals surface area contributed by atoms with Gasteiger partial charge in [0.1, 0.15) is 18.5 Å². The van der Waals surface area contributed by atoms with Crippen molar-refractivity contribution in [3.63, 3.8) is 0 Å². The van der Waals surface area contributed by atoms with Crippen molar-refractivity contribution in [2.45, 2.75) is 56.9 Å². The van der Waals surface area contributed by atoms with E-state index in [-0.39, 0.29) is 24.7 Å². The number of alkyl carbamates (subject to hydrolysis) is 1. The van der Waals surface area contributed by atoms with Crippen LogP contribution < -0.4 is 10.1 Å². The molecular formula is C28H34F3NO6. The van der Waals surface area contributed by atoms with Crippen LogP contribution in [-0.4, -0.2) is 51.2 Å². The summed E-state index contributed by atoms with van der Waals surface area (Å²) in [6.07, 6.45) is -2.76. The Balaban J connectivity index is 1.64. The lowest BCUT2D eigenvalue weighted by atomic mass is 9.82. The van der Waals surface area contributed by atoms with Crippen LogP contribution in [0.4, 0.5) is 18.0 Å². The number of hydrogen-bond acceptors (Lipinski definition) is 6. The Labute approximate surface area is 220 Å². The van der Waals surface area contributed by atoms with Crippen LogP contribution in [0.2, 0.25) is 0 Å². The summed E-state index contributed by atoms with van der Waals surface area (Å²) in [5, 5.41) is 2.57. The van der Waals surface area contributed by atoms with Gasteiger partial charge in [-0.15, -0.1) is 0 Å². The van der Waals surface area contributed by atoms with Crippen LogP contribution in [-0.2, 0) is 31.0 Å². The number of benzene rings is 2. The van der Waals surface area contributed by atoms with E-state index in [1.807, 2.05) is 12.1 Å². The van der Waals surface area contributed by atoms with E-state index in [0.29, 0.717) is 25.1 Å². The van der Waals surface area contributed by atoms with Crippen molar-refractivity contribution in [2.75, 3.05) is 26.9 Å². The fourth-order valence-electron chi connectivity index (χ4n) is 4.70. The molecule has 0 radical (unpaired) electrons. The minimum Gasteiger partial charge on any atom is -0.492 e. The Kier molecular flexibility index (Phi) is 10.4. The van der Waals surface area contributed by atoms with Gasteiger partial charge in [0.2, 0.25) is 0 Å². The molecule has 0 heterocycles. The Hall–Kier alpha value is -3.27. The Morgan fingerprint density at radius 1 is 1.00 bits per heavy atom. The molecule has 0 bridgehead atoms. The topological polar surface area (TPSA) is 83.1 Å². The molecule has 1 aliphatic carbocycles. The molecule has 1 aliphatic rings. The quantitative estimate of drug-likeness (QED) is 0.299. The van der Waals surface area contributed by atoms with Crippen molar-refractivity contribution in [2.24, 2.45) is 5.92 Å². The first-order valence-corrected chi connectivity index (χ1v) is 12.7. The number of nitrogens with one attached hydrogen (secondary N) is 1. The summed E-state index contributed by atoms with van der Waals surface area (Å²) in [4.78, 5) is 24.4. The Bertz CT molecular complexity index is 1030. The third kappa shape index (κ3) is 7.18. The van der Waals surface area contributed by atoms with Crippen LogP contribution in [0.5, 0.6) is 5.75 Å². The average Bonchev–Trinajstić information content (AvgIpc) is 2.89. The molecule has 7 nitrogen and oxygen atoms in total. The molecule has 1 N–H and O–H groups in total. The van der Waals surface area contributed by atoms with E-state index in [4.69, 9.17) is 18.9 Å². The largest absolute Gasteiger partial charge is 0.492 e. The summed E-state index contributed by atoms with van der Waals surface area (Å²) in [6.45, 7) is 2.56. The number of rotatable bonds is 11. The molecular weight excluding hydrogens is 503 g/mol. The highest BCUT2D eigenvalue weighted by Gasteiger charge is 2.64. The zero-order chi connectivity index (χ0) is 27.6. The fourth-order valence-corrected chi connectivity index (χ4v) is 4.70. The number of carbonyl (C=O) groups is 2. The minimum atomic E-state index is -5.01. The maximum atomic E-state index is 14.3. The molecule has 3 atom stereocenters. The van der Waals surface area contributed by atoms with Crippen molar-refractivity contribution >= 4 is 12.1 Å². The molecule has 0 saturated heterocycles. The molecule has 1 amide bonds. The Morgan fingerprint density at radius 3 is 2.32 bits per heavy atom. The smallest absolute Gasteiger partial charge is 0.432 e. The summed E-state index contributed by atoms with van der Waals surface area (Å²) >= 11 is 0. The number of methoxy groups -OCH3 is 1. The lowest BCUT2D eigenvalue weighted by molar-refractivity contribution is -0.279. The average molecular weight is 538 g/mol. The van der Waals surface area contributed by atoms with Crippen LogP contribution in [0.15, 0.2) is 54.6 Å². The van der Waals surface area contributed by atoms with Gasteiger partial charge >= 0.3 is 18.2 Å². The Morgan fingerprint density at radius 2 is 1.68 bits per heavy atom. The molecule has 0 aliphatic heterocycles. The van der Waals surface area contributed by atoms with Gasteiger partial charge in [0, 0.05) is 12.7 Å². The first-order chi connectivity index (χ1) is 18.2. The number of amides is 1. The van der Waals surface area contributed by atoms with Gasteiger partial charge in [-0.05, 0) is 56.2 Å². The molecule has 3 rings (SSSR count). The van der Waals surface area contributed by atoms with Crippen LogP contribution in [0.1, 0.15) is 43.7 Å². The fraction of sp³-hybridized carbons (Fsp3) is 0.500. The molecule has 10 heteroatoms. The van der Waals surface area contributed by atoms with Gasteiger partial charge in [0.15, 0.2) is 0 Å². The van der Waals surface area contributed by atoms with Gasteiger partial charge in [-0.2, -0.15) is 13.2 Å². The van der Waals surface area contributed by atoms with Gasteiger partial charge in [-0.1, -0.05) is 48.9 Å². The number of halogens is 3. The molecule has 1 fully saturated rings. The second-order valence-corrected chi connectivity index (χ2v) is 9.08. The summed E-state index contributed by atoms with van der Waals surface area (Å²) in [5.74, 6) is -0.966. The second-order valence-electron chi connectivity index (χ2n) is 9.08. The van der Waals surface area contributed by atoms with E-state index >= 15 is 0 Å². The van der Waals surface area contributed by atoms with E-state index in [2.05, 4.69) is 5.32 Å². The maximum absolute atomic E-state index is 14.3. The van der Waals surface area contributed by atoms with Gasteiger partial charge < -0.3 is 24.3 Å². The summed E-state index contributed by atoms with van der Waals surface area (Å²) in [5.41, 5.74) is -2.57. The zero-order valence-electron chi connectivity index (χ0n) is 21.6. The first-order valence-electron chi connectivity index (χ1n) is 12.7. The van der Waals surface area contributed by atoms with E-state index in [1.165, 1.54) is 24.3 Å². The highest BCUT2D eigenvalue weighted by molar-refractivity contribution is 5.83. The number of carbonyl (C=O) groups excluding carboxylic acids is 2. The van der Waals surface area contributed by atoms with Crippen molar-refractivity contribution < 1.29 is 41.7 Å². The normalized spacial score (nSPS) is 19.2. The lowest BCUT2D eigenvalue weighted by Gasteiger charge is -2.37. The second kappa shape index (κ2) is 13.5. The minimum absolute atomic E-state index is 0.133. The van der Waals surface area contributed by atoms with Gasteiger partial charge in [0.05, 0.1) is 13.2 Å². The molecule has 0 unspecified atom stereocenters. The number of ether oxygens (including phenoxy) is 4. The third-order valence-corrected chi connectivity index (χ3v) is 6.61. The monoisotopic (exact) mass is 537 g/mol. The zero-order valence-corrected chi connectivity index (χ0v) is 21.6. The van der Waals surface area contributed by atoms with Crippen molar-refractivity contribution in [3.8, 4) is 5.75 Å². The van der Waals surface area contributed by atoms with E-state index in [9.17, 15) is 22.8 Å². The molecule has 2 aromatic carbocycles. The summed E-state index contributed by atoms with van der Waals surface area (Å²) < 4.78 is 63.7.